The van der Waals surface area contributed by atoms with Crippen LogP contribution in [0.4, 0.5) is 0 Å². The zero-order chi connectivity index (χ0) is 6.74. The van der Waals surface area contributed by atoms with E-state index < -0.39 is 5.06 Å². The minimum atomic E-state index is -0.880. The molecule has 0 aromatic carbocycles. The van der Waals surface area contributed by atoms with Gasteiger partial charge in [-0.05, 0) is 18.4 Å². The van der Waals surface area contributed by atoms with Crippen molar-refractivity contribution in [2.45, 2.75) is 12.0 Å². The second kappa shape index (κ2) is 2.45. The van der Waals surface area contributed by atoms with E-state index >= 15 is 0 Å². The summed E-state index contributed by atoms with van der Waals surface area (Å²) in [5.74, 6) is 0. The normalized spacial score (nSPS) is 33.6. The molecule has 0 aliphatic carbocycles. The fourth-order valence-electron chi connectivity index (χ4n) is 0.639. The minimum absolute atomic E-state index is 0.880. The Morgan fingerprint density at radius 1 is 1.78 bits per heavy atom. The van der Waals surface area contributed by atoms with Crippen molar-refractivity contribution in [3.63, 3.8) is 0 Å². The Hall–Kier alpha value is -0.410. The lowest BCUT2D eigenvalue weighted by Gasteiger charge is -2.16. The topological polar surface area (TPSA) is 32.3 Å². The lowest BCUT2D eigenvalue weighted by Crippen LogP contribution is -2.32. The van der Waals surface area contributed by atoms with Crippen molar-refractivity contribution in [3.05, 3.63) is 23.8 Å². The van der Waals surface area contributed by atoms with Crippen LogP contribution in [-0.4, -0.2) is 10.2 Å². The molecule has 1 heterocycles. The van der Waals surface area contributed by atoms with Crippen LogP contribution in [0.1, 0.15) is 6.92 Å². The molecule has 1 atom stereocenters. The first kappa shape index (κ1) is 6.71. The predicted octanol–water partition coefficient (Wildman–Crippen LogP) is 1.02. The average Bonchev–Trinajstić information content (AvgIpc) is 2.16. The van der Waals surface area contributed by atoms with Crippen molar-refractivity contribution in [2.24, 2.45) is 0 Å². The third-order valence-corrected chi connectivity index (χ3v) is 1.88. The number of rotatable bonds is 1. The Labute approximate surface area is 58.6 Å². The molecule has 2 nitrogen and oxygen atoms in total. The van der Waals surface area contributed by atoms with Gasteiger partial charge in [-0.2, -0.15) is 0 Å². The van der Waals surface area contributed by atoms with Crippen molar-refractivity contribution in [3.8, 4) is 0 Å². The summed E-state index contributed by atoms with van der Waals surface area (Å²) < 4.78 is 0. The highest BCUT2D eigenvalue weighted by molar-refractivity contribution is 8.03. The fourth-order valence-corrected chi connectivity index (χ4v) is 1.33. The van der Waals surface area contributed by atoms with Gasteiger partial charge in [0.15, 0.2) is 0 Å². The quantitative estimate of drug-likeness (QED) is 0.537. The summed E-state index contributed by atoms with van der Waals surface area (Å²) >= 11 is 1.35. The van der Waals surface area contributed by atoms with E-state index in [9.17, 15) is 5.11 Å². The van der Waals surface area contributed by atoms with E-state index in [1.807, 2.05) is 18.4 Å². The van der Waals surface area contributed by atoms with Gasteiger partial charge in [0.1, 0.15) is 0 Å². The fraction of sp³-hybridized carbons (Fsp3) is 0.333. The maximum atomic E-state index is 9.39. The number of allylic oxidation sites excluding steroid dienone is 1. The molecule has 1 rings (SSSR count). The number of aliphatic hydroxyl groups is 1. The number of thioether (sulfide) groups is 1. The lowest BCUT2D eigenvalue weighted by atomic mass is 10.5. The van der Waals surface area contributed by atoms with Crippen LogP contribution in [0.5, 0.6) is 0 Å². The second-order valence-corrected chi connectivity index (χ2v) is 2.89. The van der Waals surface area contributed by atoms with Gasteiger partial charge in [0, 0.05) is 6.20 Å². The van der Waals surface area contributed by atoms with Crippen LogP contribution in [-0.2, 0) is 0 Å². The Kier molecular flexibility index (Phi) is 1.83. The second-order valence-electron chi connectivity index (χ2n) is 1.76. The van der Waals surface area contributed by atoms with E-state index in [-0.39, 0.29) is 0 Å². The van der Waals surface area contributed by atoms with E-state index in [4.69, 9.17) is 0 Å². The SMILES string of the molecule is CC=CC1(O)NC=CS1. The highest BCUT2D eigenvalue weighted by Gasteiger charge is 2.23. The average molecular weight is 143 g/mol. The van der Waals surface area contributed by atoms with E-state index in [0.717, 1.165) is 0 Å². The van der Waals surface area contributed by atoms with Crippen molar-refractivity contribution >= 4 is 11.8 Å². The number of nitrogens with one attached hydrogen (secondary N) is 1. The molecule has 0 fully saturated rings. The van der Waals surface area contributed by atoms with Gasteiger partial charge >= 0.3 is 0 Å². The Morgan fingerprint density at radius 3 is 3.00 bits per heavy atom. The van der Waals surface area contributed by atoms with Gasteiger partial charge in [-0.15, -0.1) is 0 Å². The summed E-state index contributed by atoms with van der Waals surface area (Å²) in [6.45, 7) is 1.87. The third kappa shape index (κ3) is 1.50. The Morgan fingerprint density at radius 2 is 2.56 bits per heavy atom. The monoisotopic (exact) mass is 143 g/mol. The summed E-state index contributed by atoms with van der Waals surface area (Å²) in [5.41, 5.74) is 0. The lowest BCUT2D eigenvalue weighted by molar-refractivity contribution is 0.169. The molecule has 3 heteroatoms. The van der Waals surface area contributed by atoms with Gasteiger partial charge in [-0.25, -0.2) is 0 Å². The van der Waals surface area contributed by atoms with E-state index in [1.54, 1.807) is 12.3 Å². The molecule has 0 saturated heterocycles. The molecule has 0 aromatic heterocycles. The zero-order valence-corrected chi connectivity index (χ0v) is 5.98. The minimum Gasteiger partial charge on any atom is -0.359 e. The van der Waals surface area contributed by atoms with Gasteiger partial charge in [-0.3, -0.25) is 0 Å². The molecule has 0 spiro atoms. The summed E-state index contributed by atoms with van der Waals surface area (Å²) in [4.78, 5) is 0. The first-order valence-electron chi connectivity index (χ1n) is 2.73. The molecular formula is C6H9NOS. The zero-order valence-electron chi connectivity index (χ0n) is 5.16. The molecule has 0 radical (unpaired) electrons. The van der Waals surface area contributed by atoms with Crippen molar-refractivity contribution < 1.29 is 5.11 Å². The first-order valence-corrected chi connectivity index (χ1v) is 3.61. The molecule has 0 aromatic rings. The molecule has 1 aliphatic rings. The van der Waals surface area contributed by atoms with Gasteiger partial charge in [-0.1, -0.05) is 17.8 Å². The smallest absolute Gasteiger partial charge is 0.208 e. The van der Waals surface area contributed by atoms with Crippen LogP contribution in [0.15, 0.2) is 23.8 Å². The van der Waals surface area contributed by atoms with E-state index in [2.05, 4.69) is 5.32 Å². The molecular weight excluding hydrogens is 134 g/mol. The maximum Gasteiger partial charge on any atom is 0.208 e. The van der Waals surface area contributed by atoms with Gasteiger partial charge < -0.3 is 10.4 Å². The number of hydrogen-bond acceptors (Lipinski definition) is 3. The molecule has 0 saturated carbocycles. The van der Waals surface area contributed by atoms with Gasteiger partial charge in [0.05, 0.1) is 0 Å². The van der Waals surface area contributed by atoms with Crippen LogP contribution in [0.2, 0.25) is 0 Å². The molecule has 9 heavy (non-hydrogen) atoms. The van der Waals surface area contributed by atoms with Crippen LogP contribution in [0.25, 0.3) is 0 Å². The molecule has 1 aliphatic heterocycles. The van der Waals surface area contributed by atoms with E-state index in [0.29, 0.717) is 0 Å². The molecule has 0 amide bonds. The van der Waals surface area contributed by atoms with Crippen molar-refractivity contribution in [1.29, 1.82) is 0 Å². The molecule has 50 valence electrons. The maximum absolute atomic E-state index is 9.39. The van der Waals surface area contributed by atoms with Crippen molar-refractivity contribution in [2.75, 3.05) is 0 Å². The highest BCUT2D eigenvalue weighted by atomic mass is 32.2. The highest BCUT2D eigenvalue weighted by Crippen LogP contribution is 2.26. The van der Waals surface area contributed by atoms with Crippen LogP contribution >= 0.6 is 11.8 Å². The molecule has 2 N–H and O–H groups in total. The Balaban J connectivity index is 2.55. The van der Waals surface area contributed by atoms with Crippen molar-refractivity contribution in [1.82, 2.24) is 5.32 Å². The third-order valence-electron chi connectivity index (χ3n) is 0.998. The molecule has 1 unspecified atom stereocenters. The summed E-state index contributed by atoms with van der Waals surface area (Å²) in [5, 5.41) is 13.1. The summed E-state index contributed by atoms with van der Waals surface area (Å²) in [6, 6.07) is 0. The first-order chi connectivity index (χ1) is 4.27. The van der Waals surface area contributed by atoms with Crippen LogP contribution in [0, 0.1) is 0 Å². The van der Waals surface area contributed by atoms with Crippen LogP contribution < -0.4 is 5.32 Å². The Bertz CT molecular complexity index is 145. The van der Waals surface area contributed by atoms with Crippen LogP contribution in [0.3, 0.4) is 0 Å². The van der Waals surface area contributed by atoms with E-state index in [1.165, 1.54) is 11.8 Å². The number of hydrogen-bond donors (Lipinski definition) is 2. The van der Waals surface area contributed by atoms with Gasteiger partial charge in [0.2, 0.25) is 5.06 Å². The van der Waals surface area contributed by atoms with Gasteiger partial charge in [0.25, 0.3) is 0 Å². The summed E-state index contributed by atoms with van der Waals surface area (Å²) in [7, 11) is 0. The predicted molar refractivity (Wildman–Crippen MR) is 39.6 cm³/mol. The largest absolute Gasteiger partial charge is 0.359 e. The standard InChI is InChI=1S/C6H9NOS/c1-2-3-6(8)7-4-5-9-6/h2-5,7-8H,1H3. The molecule has 0 bridgehead atoms. The summed E-state index contributed by atoms with van der Waals surface area (Å²) in [6.07, 6.45) is 5.25.